The van der Waals surface area contributed by atoms with E-state index in [9.17, 15) is 9.18 Å². The number of nitrogens with zero attached hydrogens (tertiary/aromatic N) is 6. The van der Waals surface area contributed by atoms with E-state index in [1.807, 2.05) is 25.2 Å². The summed E-state index contributed by atoms with van der Waals surface area (Å²) in [7, 11) is 3.60. The third-order valence-electron chi connectivity index (χ3n) is 8.00. The molecule has 13 heteroatoms. The van der Waals surface area contributed by atoms with Crippen molar-refractivity contribution in [3.8, 4) is 11.8 Å². The van der Waals surface area contributed by atoms with E-state index < -0.39 is 0 Å². The van der Waals surface area contributed by atoms with E-state index in [1.165, 1.54) is 12.3 Å². The summed E-state index contributed by atoms with van der Waals surface area (Å²) in [6, 6.07) is 15.4. The number of piperidine rings is 1. The molecule has 2 aromatic carbocycles. The second-order valence-electron chi connectivity index (χ2n) is 11.3. The van der Waals surface area contributed by atoms with E-state index >= 15 is 0 Å². The van der Waals surface area contributed by atoms with Crippen LogP contribution in [-0.2, 0) is 24.8 Å². The molecule has 11 nitrogen and oxygen atoms in total. The van der Waals surface area contributed by atoms with Gasteiger partial charge in [0.1, 0.15) is 30.2 Å². The molecule has 1 saturated heterocycles. The van der Waals surface area contributed by atoms with Crippen LogP contribution in [0.1, 0.15) is 40.4 Å². The van der Waals surface area contributed by atoms with Crippen LogP contribution in [-0.4, -0.2) is 74.8 Å². The number of hydrogen-bond donors (Lipinski definition) is 1. The average Bonchev–Trinajstić information content (AvgIpc) is 3.37. The smallest absolute Gasteiger partial charge is 0.257 e. The Hall–Kier alpha value is -4.65. The Bertz CT molecular complexity index is 1840. The predicted octanol–water partition coefficient (Wildman–Crippen LogP) is 5.46. The average molecular weight is 660 g/mol. The number of rotatable bonds is 12. The van der Waals surface area contributed by atoms with Gasteiger partial charge in [0.25, 0.3) is 5.91 Å². The van der Waals surface area contributed by atoms with Crippen LogP contribution in [0.2, 0.25) is 5.02 Å². The molecular weight excluding hydrogens is 625 g/mol. The van der Waals surface area contributed by atoms with Crippen LogP contribution < -0.4 is 14.8 Å². The number of ether oxygens (including phenoxy) is 3. The molecule has 0 radical (unpaired) electrons. The molecule has 0 bridgehead atoms. The van der Waals surface area contributed by atoms with Gasteiger partial charge in [-0.2, -0.15) is 4.98 Å². The number of carbonyl (C=O) groups is 1. The number of halogens is 2. The van der Waals surface area contributed by atoms with Crippen LogP contribution in [0.15, 0.2) is 67.0 Å². The second kappa shape index (κ2) is 14.8. The van der Waals surface area contributed by atoms with Crippen molar-refractivity contribution >= 4 is 34.2 Å². The summed E-state index contributed by atoms with van der Waals surface area (Å²) in [6.45, 7) is 3.21. The Labute approximate surface area is 276 Å². The SMILES string of the molecule is COCCOc1ccc(C(=O)Nc2ccc3c(c2)nc(CN2CCC(Oc4ccnc(Cc5ccc(Cl)cc5F)n4)CC2)n3C)cn1. The highest BCUT2D eigenvalue weighted by atomic mass is 35.5. The number of hydrogen-bond acceptors (Lipinski definition) is 9. The van der Waals surface area contributed by atoms with Crippen LogP contribution in [0, 0.1) is 5.82 Å². The lowest BCUT2D eigenvalue weighted by Gasteiger charge is -2.31. The molecule has 1 fully saturated rings. The van der Waals surface area contributed by atoms with Gasteiger partial charge in [-0.25, -0.2) is 19.3 Å². The Kier molecular flexibility index (Phi) is 10.2. The molecule has 4 heterocycles. The summed E-state index contributed by atoms with van der Waals surface area (Å²) in [5.74, 6) is 1.69. The molecule has 0 saturated carbocycles. The number of amides is 1. The molecule has 3 aromatic heterocycles. The molecule has 5 aromatic rings. The number of nitrogens with one attached hydrogen (secondary N) is 1. The van der Waals surface area contributed by atoms with Gasteiger partial charge >= 0.3 is 0 Å². The first-order valence-corrected chi connectivity index (χ1v) is 15.7. The van der Waals surface area contributed by atoms with Gasteiger partial charge in [0.15, 0.2) is 0 Å². The van der Waals surface area contributed by atoms with Gasteiger partial charge in [0, 0.05) is 68.9 Å². The molecule has 1 N–H and O–H groups in total. The minimum atomic E-state index is -0.381. The highest BCUT2D eigenvalue weighted by Gasteiger charge is 2.23. The first kappa shape index (κ1) is 32.3. The minimum absolute atomic E-state index is 0.0162. The number of aromatic nitrogens is 5. The van der Waals surface area contributed by atoms with Gasteiger partial charge in [-0.05, 0) is 54.8 Å². The molecule has 1 aliphatic rings. The third-order valence-corrected chi connectivity index (χ3v) is 8.23. The van der Waals surface area contributed by atoms with Crippen LogP contribution in [0.5, 0.6) is 11.8 Å². The van der Waals surface area contributed by atoms with Crippen LogP contribution in [0.3, 0.4) is 0 Å². The number of methoxy groups -OCH3 is 1. The van der Waals surface area contributed by atoms with Crippen molar-refractivity contribution in [2.24, 2.45) is 7.05 Å². The Balaban J connectivity index is 1.01. The van der Waals surface area contributed by atoms with E-state index in [-0.39, 0.29) is 24.2 Å². The maximum atomic E-state index is 14.2. The second-order valence-corrected chi connectivity index (χ2v) is 11.7. The van der Waals surface area contributed by atoms with Crippen LogP contribution in [0.25, 0.3) is 11.0 Å². The molecule has 1 amide bonds. The highest BCUT2D eigenvalue weighted by molar-refractivity contribution is 6.30. The van der Waals surface area contributed by atoms with Gasteiger partial charge in [0.2, 0.25) is 11.8 Å². The number of benzene rings is 2. The predicted molar refractivity (Wildman–Crippen MR) is 175 cm³/mol. The zero-order chi connectivity index (χ0) is 32.8. The van der Waals surface area contributed by atoms with E-state index in [1.54, 1.807) is 43.6 Å². The van der Waals surface area contributed by atoms with Crippen molar-refractivity contribution in [1.82, 2.24) is 29.4 Å². The summed E-state index contributed by atoms with van der Waals surface area (Å²) in [5, 5.41) is 3.28. The quantitative estimate of drug-likeness (QED) is 0.174. The molecule has 0 spiro atoms. The number of likely N-dealkylation sites (tertiary alicyclic amines) is 1. The van der Waals surface area contributed by atoms with Crippen LogP contribution in [0.4, 0.5) is 10.1 Å². The summed E-state index contributed by atoms with van der Waals surface area (Å²) < 4.78 is 33.0. The zero-order valence-electron chi connectivity index (χ0n) is 26.2. The minimum Gasteiger partial charge on any atom is -0.475 e. The lowest BCUT2D eigenvalue weighted by atomic mass is 10.1. The number of aryl methyl sites for hydroxylation is 1. The highest BCUT2D eigenvalue weighted by Crippen LogP contribution is 2.24. The standard InChI is InChI=1S/C34H35ClFN7O4/c1-42-29-7-6-25(39-34(44)23-4-8-32(38-20-23)46-16-15-45-2)19-28(29)40-31(42)21-43-13-10-26(11-14-43)47-33-9-12-37-30(41-33)17-22-3-5-24(35)18-27(22)36/h3-9,12,18-20,26H,10-11,13-17,21H2,1-2H3,(H,39,44). The maximum Gasteiger partial charge on any atom is 0.257 e. The van der Waals surface area contributed by atoms with Gasteiger partial charge in [-0.1, -0.05) is 17.7 Å². The number of fused-ring (bicyclic) bond motifs is 1. The van der Waals surface area contributed by atoms with Gasteiger partial charge in [-0.3, -0.25) is 9.69 Å². The Morgan fingerprint density at radius 1 is 1.02 bits per heavy atom. The van der Waals surface area contributed by atoms with Gasteiger partial charge < -0.3 is 24.1 Å². The van der Waals surface area contributed by atoms with E-state index in [4.69, 9.17) is 30.8 Å². The molecule has 6 rings (SSSR count). The largest absolute Gasteiger partial charge is 0.475 e. The van der Waals surface area contributed by atoms with Crippen LogP contribution >= 0.6 is 11.6 Å². The van der Waals surface area contributed by atoms with Crippen molar-refractivity contribution in [2.45, 2.75) is 31.9 Å². The molecule has 0 unspecified atom stereocenters. The number of imidazole rings is 1. The fourth-order valence-electron chi connectivity index (χ4n) is 5.42. The summed E-state index contributed by atoms with van der Waals surface area (Å²) in [4.78, 5) is 33.1. The normalized spacial score (nSPS) is 14.0. The number of pyridine rings is 1. The number of carbonyl (C=O) groups excluding carboxylic acids is 1. The molecular formula is C34H35ClFN7O4. The van der Waals surface area contributed by atoms with Crippen molar-refractivity contribution in [2.75, 3.05) is 38.7 Å². The topological polar surface area (TPSA) is 117 Å². The van der Waals surface area contributed by atoms with E-state index in [2.05, 4.69) is 29.7 Å². The molecule has 0 atom stereocenters. The van der Waals surface area contributed by atoms with E-state index in [0.717, 1.165) is 42.8 Å². The van der Waals surface area contributed by atoms with Gasteiger partial charge in [0.05, 0.1) is 29.7 Å². The van der Waals surface area contributed by atoms with Gasteiger partial charge in [-0.15, -0.1) is 0 Å². The van der Waals surface area contributed by atoms with E-state index in [0.29, 0.717) is 59.2 Å². The molecule has 0 aliphatic carbocycles. The monoisotopic (exact) mass is 659 g/mol. The molecule has 1 aliphatic heterocycles. The Morgan fingerprint density at radius 2 is 1.87 bits per heavy atom. The first-order chi connectivity index (χ1) is 22.8. The number of anilines is 1. The summed E-state index contributed by atoms with van der Waals surface area (Å²) in [5.41, 5.74) is 3.33. The van der Waals surface area contributed by atoms with Crippen molar-refractivity contribution in [1.29, 1.82) is 0 Å². The zero-order valence-corrected chi connectivity index (χ0v) is 26.9. The maximum absolute atomic E-state index is 14.2. The fraction of sp³-hybridized carbons (Fsp3) is 0.324. The van der Waals surface area contributed by atoms with Crippen molar-refractivity contribution in [3.05, 3.63) is 101 Å². The summed E-state index contributed by atoms with van der Waals surface area (Å²) >= 11 is 5.87. The first-order valence-electron chi connectivity index (χ1n) is 15.3. The fourth-order valence-corrected chi connectivity index (χ4v) is 5.58. The molecule has 244 valence electrons. The Morgan fingerprint density at radius 3 is 2.64 bits per heavy atom. The summed E-state index contributed by atoms with van der Waals surface area (Å²) in [6.07, 6.45) is 5.06. The van der Waals surface area contributed by atoms with Crippen molar-refractivity contribution in [3.63, 3.8) is 0 Å². The van der Waals surface area contributed by atoms with Crippen molar-refractivity contribution < 1.29 is 23.4 Å². The lowest BCUT2D eigenvalue weighted by molar-refractivity contribution is 0.0912. The third kappa shape index (κ3) is 8.20. The lowest BCUT2D eigenvalue weighted by Crippen LogP contribution is -2.38. The molecule has 47 heavy (non-hydrogen) atoms.